The van der Waals surface area contributed by atoms with E-state index in [1.807, 2.05) is 0 Å². The molecule has 0 spiro atoms. The summed E-state index contributed by atoms with van der Waals surface area (Å²) in [6.07, 6.45) is 10.1. The smallest absolute Gasteiger partial charge is 0.0107 e. The lowest BCUT2D eigenvalue weighted by Crippen LogP contribution is -2.31. The van der Waals surface area contributed by atoms with Crippen LogP contribution < -0.4 is 5.32 Å². The maximum absolute atomic E-state index is 3.63. The van der Waals surface area contributed by atoms with Gasteiger partial charge in [-0.2, -0.15) is 0 Å². The van der Waals surface area contributed by atoms with Crippen LogP contribution in [0.15, 0.2) is 0 Å². The van der Waals surface area contributed by atoms with Crippen molar-refractivity contribution in [2.24, 2.45) is 11.8 Å². The molecule has 0 aromatic heterocycles. The highest BCUT2D eigenvalue weighted by molar-refractivity contribution is 4.71. The summed E-state index contributed by atoms with van der Waals surface area (Å²) in [6, 6.07) is 0. The molecule has 1 saturated carbocycles. The van der Waals surface area contributed by atoms with Gasteiger partial charge in [-0.3, -0.25) is 0 Å². The summed E-state index contributed by atoms with van der Waals surface area (Å²) in [5.74, 6) is 2.01. The van der Waals surface area contributed by atoms with Gasteiger partial charge in [0.15, 0.2) is 0 Å². The minimum Gasteiger partial charge on any atom is -0.315 e. The van der Waals surface area contributed by atoms with Crippen LogP contribution in [-0.2, 0) is 0 Å². The van der Waals surface area contributed by atoms with E-state index in [0.29, 0.717) is 0 Å². The van der Waals surface area contributed by atoms with E-state index < -0.39 is 0 Å². The first-order chi connectivity index (χ1) is 8.34. The molecule has 1 aliphatic carbocycles. The van der Waals surface area contributed by atoms with Crippen molar-refractivity contribution >= 4 is 0 Å². The van der Waals surface area contributed by atoms with Crippen LogP contribution in [0.3, 0.4) is 0 Å². The molecular weight excluding hydrogens is 208 g/mol. The van der Waals surface area contributed by atoms with Crippen LogP contribution in [0, 0.1) is 11.8 Å². The number of hydrogen-bond acceptors (Lipinski definition) is 2. The molecule has 100 valence electrons. The van der Waals surface area contributed by atoms with Crippen LogP contribution in [0.5, 0.6) is 0 Å². The summed E-state index contributed by atoms with van der Waals surface area (Å²) in [5, 5.41) is 3.63. The van der Waals surface area contributed by atoms with Crippen molar-refractivity contribution in [3.8, 4) is 0 Å². The molecule has 0 atom stereocenters. The van der Waals surface area contributed by atoms with Crippen molar-refractivity contribution in [2.75, 3.05) is 32.7 Å². The zero-order chi connectivity index (χ0) is 11.9. The van der Waals surface area contributed by atoms with E-state index in [9.17, 15) is 0 Å². The molecule has 0 aromatic carbocycles. The first-order valence-corrected chi connectivity index (χ1v) is 7.77. The van der Waals surface area contributed by atoms with E-state index in [2.05, 4.69) is 17.1 Å². The van der Waals surface area contributed by atoms with Gasteiger partial charge in [-0.05, 0) is 50.7 Å². The Morgan fingerprint density at radius 2 is 1.71 bits per heavy atom. The summed E-state index contributed by atoms with van der Waals surface area (Å²) in [7, 11) is 0. The van der Waals surface area contributed by atoms with Crippen LogP contribution in [0.2, 0.25) is 0 Å². The van der Waals surface area contributed by atoms with Crippen molar-refractivity contribution in [1.29, 1.82) is 0 Å². The fraction of sp³-hybridized carbons (Fsp3) is 1.00. The molecule has 0 bridgehead atoms. The van der Waals surface area contributed by atoms with E-state index in [4.69, 9.17) is 0 Å². The zero-order valence-corrected chi connectivity index (χ0v) is 11.6. The Labute approximate surface area is 107 Å². The predicted molar refractivity (Wildman–Crippen MR) is 74.3 cm³/mol. The molecule has 2 nitrogen and oxygen atoms in total. The van der Waals surface area contributed by atoms with Crippen LogP contribution in [0.4, 0.5) is 0 Å². The third-order valence-electron chi connectivity index (χ3n) is 4.67. The van der Waals surface area contributed by atoms with Crippen molar-refractivity contribution in [1.82, 2.24) is 10.2 Å². The Kier molecular flexibility index (Phi) is 5.79. The van der Waals surface area contributed by atoms with Gasteiger partial charge in [0.1, 0.15) is 0 Å². The van der Waals surface area contributed by atoms with Gasteiger partial charge in [0.2, 0.25) is 0 Å². The van der Waals surface area contributed by atoms with Crippen LogP contribution in [0.1, 0.15) is 51.9 Å². The van der Waals surface area contributed by atoms with E-state index >= 15 is 0 Å². The van der Waals surface area contributed by atoms with Crippen LogP contribution in [0.25, 0.3) is 0 Å². The molecule has 1 N–H and O–H groups in total. The van der Waals surface area contributed by atoms with Crippen molar-refractivity contribution in [2.45, 2.75) is 51.9 Å². The minimum atomic E-state index is 0.995. The highest BCUT2D eigenvalue weighted by Gasteiger charge is 2.17. The maximum atomic E-state index is 3.63. The predicted octanol–water partition coefficient (Wildman–Crippen LogP) is 2.89. The SMILES string of the molecule is CC1CCC(CCNCCN2CCCC2)CC1. The number of rotatable bonds is 6. The van der Waals surface area contributed by atoms with Gasteiger partial charge in [0.05, 0.1) is 0 Å². The highest BCUT2D eigenvalue weighted by Crippen LogP contribution is 2.29. The lowest BCUT2D eigenvalue weighted by atomic mass is 9.81. The molecular formula is C15H30N2. The Bertz CT molecular complexity index is 191. The topological polar surface area (TPSA) is 15.3 Å². The number of nitrogens with zero attached hydrogens (tertiary/aromatic N) is 1. The van der Waals surface area contributed by atoms with Crippen molar-refractivity contribution < 1.29 is 0 Å². The van der Waals surface area contributed by atoms with E-state index in [1.165, 1.54) is 77.7 Å². The molecule has 1 heterocycles. The van der Waals surface area contributed by atoms with Crippen molar-refractivity contribution in [3.05, 3.63) is 0 Å². The zero-order valence-electron chi connectivity index (χ0n) is 11.6. The standard InChI is InChI=1S/C15H30N2/c1-14-4-6-15(7-5-14)8-9-16-10-13-17-11-2-3-12-17/h14-16H,2-13H2,1H3. The summed E-state index contributed by atoms with van der Waals surface area (Å²) in [5.41, 5.74) is 0. The second kappa shape index (κ2) is 7.38. The second-order valence-electron chi connectivity index (χ2n) is 6.21. The Hall–Kier alpha value is -0.0800. The molecule has 2 heteroatoms. The van der Waals surface area contributed by atoms with E-state index in [1.54, 1.807) is 0 Å². The molecule has 2 aliphatic rings. The van der Waals surface area contributed by atoms with Gasteiger partial charge < -0.3 is 10.2 Å². The van der Waals surface area contributed by atoms with Gasteiger partial charge in [-0.1, -0.05) is 32.6 Å². The van der Waals surface area contributed by atoms with Gasteiger partial charge in [-0.15, -0.1) is 0 Å². The fourth-order valence-corrected chi connectivity index (χ4v) is 3.29. The molecule has 0 aromatic rings. The Morgan fingerprint density at radius 3 is 2.41 bits per heavy atom. The average Bonchev–Trinajstić information content (AvgIpc) is 2.84. The van der Waals surface area contributed by atoms with Crippen LogP contribution >= 0.6 is 0 Å². The maximum Gasteiger partial charge on any atom is 0.0107 e. The third-order valence-corrected chi connectivity index (χ3v) is 4.67. The number of likely N-dealkylation sites (tertiary alicyclic amines) is 1. The monoisotopic (exact) mass is 238 g/mol. The Morgan fingerprint density at radius 1 is 1.00 bits per heavy atom. The summed E-state index contributed by atoms with van der Waals surface area (Å²) >= 11 is 0. The molecule has 0 unspecified atom stereocenters. The lowest BCUT2D eigenvalue weighted by Gasteiger charge is -2.26. The summed E-state index contributed by atoms with van der Waals surface area (Å²) in [6.45, 7) is 8.78. The van der Waals surface area contributed by atoms with Gasteiger partial charge in [0.25, 0.3) is 0 Å². The quantitative estimate of drug-likeness (QED) is 0.716. The first-order valence-electron chi connectivity index (χ1n) is 7.77. The minimum absolute atomic E-state index is 0.995. The molecule has 2 rings (SSSR count). The van der Waals surface area contributed by atoms with E-state index in [0.717, 1.165) is 11.8 Å². The Balaban J connectivity index is 1.43. The third kappa shape index (κ3) is 4.97. The molecule has 1 saturated heterocycles. The fourth-order valence-electron chi connectivity index (χ4n) is 3.29. The summed E-state index contributed by atoms with van der Waals surface area (Å²) in [4.78, 5) is 2.59. The molecule has 0 radical (unpaired) electrons. The molecule has 1 aliphatic heterocycles. The average molecular weight is 238 g/mol. The largest absolute Gasteiger partial charge is 0.315 e. The van der Waals surface area contributed by atoms with Crippen molar-refractivity contribution in [3.63, 3.8) is 0 Å². The number of nitrogens with one attached hydrogen (secondary N) is 1. The summed E-state index contributed by atoms with van der Waals surface area (Å²) < 4.78 is 0. The lowest BCUT2D eigenvalue weighted by molar-refractivity contribution is 0.272. The molecule has 2 fully saturated rings. The van der Waals surface area contributed by atoms with Gasteiger partial charge in [0, 0.05) is 13.1 Å². The van der Waals surface area contributed by atoms with Crippen LogP contribution in [-0.4, -0.2) is 37.6 Å². The van der Waals surface area contributed by atoms with Gasteiger partial charge in [-0.25, -0.2) is 0 Å². The number of hydrogen-bond donors (Lipinski definition) is 1. The highest BCUT2D eigenvalue weighted by atomic mass is 15.1. The normalized spacial score (nSPS) is 30.9. The van der Waals surface area contributed by atoms with Gasteiger partial charge >= 0.3 is 0 Å². The second-order valence-corrected chi connectivity index (χ2v) is 6.21. The first kappa shape index (κ1) is 13.4. The van der Waals surface area contributed by atoms with E-state index in [-0.39, 0.29) is 0 Å². The molecule has 17 heavy (non-hydrogen) atoms. The molecule has 0 amide bonds.